The number of aromatic nitrogens is 1. The van der Waals surface area contributed by atoms with Crippen molar-refractivity contribution in [3.63, 3.8) is 0 Å². The molecular weight excluding hydrogens is 230 g/mol. The molecule has 1 aromatic heterocycles. The van der Waals surface area contributed by atoms with Crippen LogP contribution in [0.2, 0.25) is 0 Å². The third-order valence-corrected chi connectivity index (χ3v) is 3.61. The quantitative estimate of drug-likeness (QED) is 0.760. The summed E-state index contributed by atoms with van der Waals surface area (Å²) in [5.74, 6) is -0.401. The van der Waals surface area contributed by atoms with E-state index < -0.39 is 5.76 Å². The second kappa shape index (κ2) is 4.59. The highest BCUT2D eigenvalue weighted by atomic mass is 16.4. The van der Waals surface area contributed by atoms with E-state index in [1.165, 1.54) is 18.4 Å². The van der Waals surface area contributed by atoms with Gasteiger partial charge in [-0.25, -0.2) is 4.79 Å². The van der Waals surface area contributed by atoms with Gasteiger partial charge < -0.3 is 15.1 Å². The Labute approximate surface area is 105 Å². The first kappa shape index (κ1) is 11.5. The van der Waals surface area contributed by atoms with Gasteiger partial charge in [0.05, 0.1) is 5.52 Å². The minimum absolute atomic E-state index is 0.260. The van der Waals surface area contributed by atoms with Crippen LogP contribution in [0.3, 0.4) is 0 Å². The van der Waals surface area contributed by atoms with E-state index in [4.69, 9.17) is 4.42 Å². The standard InChI is InChI=1S/C13H17N3O2/c1-14-12(9-3-2-6-15-9)8-4-5-11-10(7-8)16-13(17)18-11/h4-5,7,9,12,14-15H,2-3,6H2,1H3,(H,16,17). The molecule has 0 saturated carbocycles. The molecule has 0 radical (unpaired) electrons. The Morgan fingerprint density at radius 1 is 1.50 bits per heavy atom. The highest BCUT2D eigenvalue weighted by molar-refractivity contribution is 5.73. The van der Waals surface area contributed by atoms with Gasteiger partial charge in [0.25, 0.3) is 0 Å². The lowest BCUT2D eigenvalue weighted by atomic mass is 9.98. The van der Waals surface area contributed by atoms with Crippen LogP contribution < -0.4 is 16.4 Å². The zero-order chi connectivity index (χ0) is 12.5. The first-order chi connectivity index (χ1) is 8.78. The number of hydrogen-bond donors (Lipinski definition) is 3. The van der Waals surface area contributed by atoms with Crippen LogP contribution in [0, 0.1) is 0 Å². The molecule has 2 atom stereocenters. The fourth-order valence-electron chi connectivity index (χ4n) is 2.76. The molecule has 1 fully saturated rings. The number of rotatable bonds is 3. The van der Waals surface area contributed by atoms with Gasteiger partial charge in [0, 0.05) is 12.1 Å². The van der Waals surface area contributed by atoms with Crippen molar-refractivity contribution in [2.45, 2.75) is 24.9 Å². The molecule has 1 aromatic carbocycles. The summed E-state index contributed by atoms with van der Waals surface area (Å²) in [6.07, 6.45) is 2.39. The van der Waals surface area contributed by atoms with Crippen molar-refractivity contribution < 1.29 is 4.42 Å². The summed E-state index contributed by atoms with van der Waals surface area (Å²) in [4.78, 5) is 13.8. The maximum atomic E-state index is 11.1. The lowest BCUT2D eigenvalue weighted by Crippen LogP contribution is -2.36. The molecule has 1 aliphatic heterocycles. The van der Waals surface area contributed by atoms with Crippen molar-refractivity contribution >= 4 is 11.1 Å². The molecule has 1 saturated heterocycles. The van der Waals surface area contributed by atoms with Gasteiger partial charge in [-0.05, 0) is 44.1 Å². The second-order valence-corrected chi connectivity index (χ2v) is 4.74. The Kier molecular flexibility index (Phi) is 2.93. The van der Waals surface area contributed by atoms with E-state index in [1.54, 1.807) is 0 Å². The van der Waals surface area contributed by atoms with Gasteiger partial charge in [0.2, 0.25) is 0 Å². The van der Waals surface area contributed by atoms with Crippen molar-refractivity contribution in [2.24, 2.45) is 0 Å². The minimum atomic E-state index is -0.401. The zero-order valence-electron chi connectivity index (χ0n) is 10.3. The number of nitrogens with one attached hydrogen (secondary N) is 3. The smallest absolute Gasteiger partial charge is 0.408 e. The third-order valence-electron chi connectivity index (χ3n) is 3.61. The number of hydrogen-bond acceptors (Lipinski definition) is 4. The van der Waals surface area contributed by atoms with Crippen molar-refractivity contribution in [1.82, 2.24) is 15.6 Å². The third kappa shape index (κ3) is 1.95. The van der Waals surface area contributed by atoms with Gasteiger partial charge in [0.1, 0.15) is 0 Å². The molecule has 2 heterocycles. The van der Waals surface area contributed by atoms with Crippen LogP contribution in [0.4, 0.5) is 0 Å². The Morgan fingerprint density at radius 2 is 2.39 bits per heavy atom. The molecule has 2 unspecified atom stereocenters. The Balaban J connectivity index is 1.98. The van der Waals surface area contributed by atoms with Crippen LogP contribution in [0.1, 0.15) is 24.4 Å². The summed E-state index contributed by atoms with van der Waals surface area (Å²) in [6.45, 7) is 1.08. The van der Waals surface area contributed by atoms with Gasteiger partial charge in [-0.15, -0.1) is 0 Å². The van der Waals surface area contributed by atoms with E-state index >= 15 is 0 Å². The molecule has 96 valence electrons. The Bertz CT molecular complexity index is 596. The zero-order valence-corrected chi connectivity index (χ0v) is 10.3. The van der Waals surface area contributed by atoms with E-state index in [2.05, 4.69) is 15.6 Å². The molecule has 3 N–H and O–H groups in total. The van der Waals surface area contributed by atoms with E-state index in [0.717, 1.165) is 12.1 Å². The fraction of sp³-hybridized carbons (Fsp3) is 0.462. The number of fused-ring (bicyclic) bond motifs is 1. The molecule has 0 bridgehead atoms. The Morgan fingerprint density at radius 3 is 3.11 bits per heavy atom. The largest absolute Gasteiger partial charge is 0.417 e. The predicted molar refractivity (Wildman–Crippen MR) is 69.7 cm³/mol. The van der Waals surface area contributed by atoms with Gasteiger partial charge in [-0.1, -0.05) is 6.07 Å². The summed E-state index contributed by atoms with van der Waals surface area (Å²) in [5, 5.41) is 6.85. The SMILES string of the molecule is CNC(c1ccc2oc(=O)[nH]c2c1)C1CCCN1. The minimum Gasteiger partial charge on any atom is -0.408 e. The van der Waals surface area contributed by atoms with E-state index in [9.17, 15) is 4.79 Å². The molecular formula is C13H17N3O2. The highest BCUT2D eigenvalue weighted by Gasteiger charge is 2.24. The molecule has 2 aromatic rings. The summed E-state index contributed by atoms with van der Waals surface area (Å²) >= 11 is 0. The second-order valence-electron chi connectivity index (χ2n) is 4.74. The monoisotopic (exact) mass is 247 g/mol. The predicted octanol–water partition coefficient (Wildman–Crippen LogP) is 1.13. The van der Waals surface area contributed by atoms with Crippen LogP contribution in [-0.4, -0.2) is 24.6 Å². The van der Waals surface area contributed by atoms with Crippen molar-refractivity contribution in [3.8, 4) is 0 Å². The number of benzene rings is 1. The van der Waals surface area contributed by atoms with Gasteiger partial charge in [-0.3, -0.25) is 4.98 Å². The molecule has 5 heteroatoms. The summed E-state index contributed by atoms with van der Waals surface area (Å²) in [6, 6.07) is 6.56. The average Bonchev–Trinajstić information content (AvgIpc) is 2.97. The molecule has 1 aliphatic rings. The molecule has 0 spiro atoms. The number of H-pyrrole nitrogens is 1. The summed E-state index contributed by atoms with van der Waals surface area (Å²) < 4.78 is 5.01. The van der Waals surface area contributed by atoms with Gasteiger partial charge in [-0.2, -0.15) is 0 Å². The van der Waals surface area contributed by atoms with Crippen LogP contribution in [0.25, 0.3) is 11.1 Å². The van der Waals surface area contributed by atoms with E-state index in [-0.39, 0.29) is 6.04 Å². The molecule has 3 rings (SSSR count). The molecule has 0 aliphatic carbocycles. The van der Waals surface area contributed by atoms with Crippen molar-refractivity contribution in [2.75, 3.05) is 13.6 Å². The summed E-state index contributed by atoms with van der Waals surface area (Å²) in [7, 11) is 1.97. The lowest BCUT2D eigenvalue weighted by molar-refractivity contribution is 0.441. The van der Waals surface area contributed by atoms with Gasteiger partial charge >= 0.3 is 5.76 Å². The highest BCUT2D eigenvalue weighted by Crippen LogP contribution is 2.24. The molecule has 18 heavy (non-hydrogen) atoms. The van der Waals surface area contributed by atoms with E-state index in [0.29, 0.717) is 11.6 Å². The van der Waals surface area contributed by atoms with Crippen molar-refractivity contribution in [1.29, 1.82) is 0 Å². The molecule has 0 amide bonds. The van der Waals surface area contributed by atoms with Crippen molar-refractivity contribution in [3.05, 3.63) is 34.3 Å². The van der Waals surface area contributed by atoms with Crippen LogP contribution in [0.5, 0.6) is 0 Å². The van der Waals surface area contributed by atoms with Crippen LogP contribution in [0.15, 0.2) is 27.4 Å². The van der Waals surface area contributed by atoms with Crippen LogP contribution >= 0.6 is 0 Å². The average molecular weight is 247 g/mol. The lowest BCUT2D eigenvalue weighted by Gasteiger charge is -2.23. The maximum absolute atomic E-state index is 11.1. The first-order valence-corrected chi connectivity index (χ1v) is 6.31. The molecule has 5 nitrogen and oxygen atoms in total. The summed E-state index contributed by atoms with van der Waals surface area (Å²) in [5.41, 5.74) is 2.54. The fourth-order valence-corrected chi connectivity index (χ4v) is 2.76. The first-order valence-electron chi connectivity index (χ1n) is 6.31. The Hall–Kier alpha value is -1.59. The maximum Gasteiger partial charge on any atom is 0.417 e. The van der Waals surface area contributed by atoms with E-state index in [1.807, 2.05) is 25.2 Å². The number of likely N-dealkylation sites (N-methyl/N-ethyl adjacent to an activating group) is 1. The topological polar surface area (TPSA) is 70.1 Å². The number of oxazole rings is 1. The van der Waals surface area contributed by atoms with Gasteiger partial charge in [0.15, 0.2) is 5.58 Å². The van der Waals surface area contributed by atoms with Crippen LogP contribution in [-0.2, 0) is 0 Å². The number of aromatic amines is 1. The normalized spacial score (nSPS) is 21.5.